The molecule has 1 aliphatic heterocycles. The Morgan fingerprint density at radius 3 is 2.52 bits per heavy atom. The van der Waals surface area contributed by atoms with Gasteiger partial charge in [0.05, 0.1) is 33.4 Å². The van der Waals surface area contributed by atoms with Gasteiger partial charge in [0.2, 0.25) is 5.91 Å². The second kappa shape index (κ2) is 10.1. The molecule has 0 radical (unpaired) electrons. The maximum Gasteiger partial charge on any atom is 0.325 e. The van der Waals surface area contributed by atoms with Crippen LogP contribution in [0.1, 0.15) is 32.3 Å². The number of ether oxygens (including phenoxy) is 2. The zero-order valence-corrected chi connectivity index (χ0v) is 17.2. The Hall–Kier alpha value is -2.81. The van der Waals surface area contributed by atoms with Crippen LogP contribution < -0.4 is 20.1 Å². The number of benzene rings is 1. The second-order valence-corrected chi connectivity index (χ2v) is 7.26. The lowest BCUT2D eigenvalue weighted by atomic mass is 10.0. The fraction of sp³-hybridized carbons (Fsp3) is 0.550. The molecule has 1 heterocycles. The first-order chi connectivity index (χ1) is 13.8. The average Bonchev–Trinajstić information content (AvgIpc) is 2.97. The summed E-state index contributed by atoms with van der Waals surface area (Å²) in [6, 6.07) is 3.59. The zero-order chi connectivity index (χ0) is 21.6. The quantitative estimate of drug-likeness (QED) is 0.499. The van der Waals surface area contributed by atoms with E-state index in [2.05, 4.69) is 10.6 Å². The minimum atomic E-state index is -0.750. The van der Waals surface area contributed by atoms with Gasteiger partial charge in [-0.3, -0.25) is 14.5 Å². The molecule has 9 heteroatoms. The van der Waals surface area contributed by atoms with Crippen molar-refractivity contribution < 1.29 is 29.0 Å². The predicted octanol–water partition coefficient (Wildman–Crippen LogP) is 1.04. The third-order valence-corrected chi connectivity index (χ3v) is 4.90. The summed E-state index contributed by atoms with van der Waals surface area (Å²) in [6.45, 7) is 3.73. The zero-order valence-electron chi connectivity index (χ0n) is 17.2. The van der Waals surface area contributed by atoms with Gasteiger partial charge in [0.25, 0.3) is 5.91 Å². The molecule has 29 heavy (non-hydrogen) atoms. The second-order valence-electron chi connectivity index (χ2n) is 7.26. The monoisotopic (exact) mass is 407 g/mol. The van der Waals surface area contributed by atoms with E-state index in [1.807, 2.05) is 13.8 Å². The van der Waals surface area contributed by atoms with Gasteiger partial charge in [-0.15, -0.1) is 0 Å². The van der Waals surface area contributed by atoms with E-state index in [1.54, 1.807) is 18.2 Å². The van der Waals surface area contributed by atoms with Crippen molar-refractivity contribution in [2.75, 3.05) is 20.8 Å². The van der Waals surface area contributed by atoms with Gasteiger partial charge in [-0.1, -0.05) is 19.9 Å². The van der Waals surface area contributed by atoms with E-state index in [0.717, 1.165) is 4.90 Å². The lowest BCUT2D eigenvalue weighted by Gasteiger charge is -2.20. The Labute approximate surface area is 170 Å². The largest absolute Gasteiger partial charge is 0.493 e. The summed E-state index contributed by atoms with van der Waals surface area (Å²) >= 11 is 0. The first-order valence-electron chi connectivity index (χ1n) is 9.53. The molecular formula is C20H29N3O6. The highest BCUT2D eigenvalue weighted by atomic mass is 16.5. The smallest absolute Gasteiger partial charge is 0.325 e. The number of nitrogens with one attached hydrogen (secondary N) is 2. The molecule has 0 aromatic heterocycles. The number of aliphatic hydroxyl groups excluding tert-OH is 1. The van der Waals surface area contributed by atoms with Gasteiger partial charge in [0, 0.05) is 6.42 Å². The van der Waals surface area contributed by atoms with Gasteiger partial charge in [0.15, 0.2) is 11.5 Å². The van der Waals surface area contributed by atoms with Gasteiger partial charge in [0.1, 0.15) is 6.04 Å². The lowest BCUT2D eigenvalue weighted by molar-refractivity contribution is -0.128. The number of aliphatic hydroxyl groups is 1. The van der Waals surface area contributed by atoms with Crippen molar-refractivity contribution in [3.8, 4) is 11.5 Å². The molecule has 0 saturated carbocycles. The van der Waals surface area contributed by atoms with Crippen LogP contribution in [0.3, 0.4) is 0 Å². The number of rotatable bonds is 10. The number of urea groups is 1. The van der Waals surface area contributed by atoms with Crippen LogP contribution in [0.4, 0.5) is 4.79 Å². The molecule has 0 spiro atoms. The van der Waals surface area contributed by atoms with Crippen molar-refractivity contribution >= 4 is 17.8 Å². The molecule has 2 rings (SSSR count). The Morgan fingerprint density at radius 1 is 1.24 bits per heavy atom. The summed E-state index contributed by atoms with van der Waals surface area (Å²) < 4.78 is 10.4. The summed E-state index contributed by atoms with van der Waals surface area (Å²) in [5.74, 6) is 0.515. The topological polar surface area (TPSA) is 117 Å². The van der Waals surface area contributed by atoms with Gasteiger partial charge < -0.3 is 25.2 Å². The van der Waals surface area contributed by atoms with Crippen LogP contribution in [0.25, 0.3) is 0 Å². The SMILES string of the molecule is COc1ccc(CN2C(=O)N[C@@H](CCC(=O)N[C@H](CO)C(C)C)C2=O)cc1OC. The van der Waals surface area contributed by atoms with E-state index in [-0.39, 0.29) is 49.8 Å². The summed E-state index contributed by atoms with van der Waals surface area (Å²) in [5, 5.41) is 14.7. The van der Waals surface area contributed by atoms with Crippen LogP contribution in [0.2, 0.25) is 0 Å². The highest BCUT2D eigenvalue weighted by Gasteiger charge is 2.38. The summed E-state index contributed by atoms with van der Waals surface area (Å²) in [5.41, 5.74) is 0.715. The number of hydrogen-bond acceptors (Lipinski definition) is 6. The molecule has 1 aromatic carbocycles. The summed E-state index contributed by atoms with van der Waals surface area (Å²) in [7, 11) is 3.04. The van der Waals surface area contributed by atoms with E-state index in [4.69, 9.17) is 9.47 Å². The van der Waals surface area contributed by atoms with Crippen molar-refractivity contribution in [2.24, 2.45) is 5.92 Å². The fourth-order valence-corrected chi connectivity index (χ4v) is 3.06. The van der Waals surface area contributed by atoms with Crippen molar-refractivity contribution in [1.29, 1.82) is 0 Å². The van der Waals surface area contributed by atoms with Crippen molar-refractivity contribution in [3.63, 3.8) is 0 Å². The van der Waals surface area contributed by atoms with Crippen LogP contribution in [-0.2, 0) is 16.1 Å². The minimum Gasteiger partial charge on any atom is -0.493 e. The molecule has 9 nitrogen and oxygen atoms in total. The van der Waals surface area contributed by atoms with Crippen molar-refractivity contribution in [1.82, 2.24) is 15.5 Å². The molecule has 1 aromatic rings. The van der Waals surface area contributed by atoms with Crippen LogP contribution in [0.5, 0.6) is 11.5 Å². The number of methoxy groups -OCH3 is 2. The first-order valence-corrected chi connectivity index (χ1v) is 9.53. The molecule has 0 aliphatic carbocycles. The average molecular weight is 407 g/mol. The molecule has 1 fully saturated rings. The molecule has 0 bridgehead atoms. The summed E-state index contributed by atoms with van der Waals surface area (Å²) in [6.07, 6.45) is 0.263. The number of carbonyl (C=O) groups is 3. The van der Waals surface area contributed by atoms with Crippen molar-refractivity contribution in [2.45, 2.75) is 45.3 Å². The summed E-state index contributed by atoms with van der Waals surface area (Å²) in [4.78, 5) is 38.1. The molecule has 2 atom stereocenters. The van der Waals surface area contributed by atoms with E-state index in [0.29, 0.717) is 17.1 Å². The normalized spacial score (nSPS) is 17.3. The number of nitrogens with zero attached hydrogens (tertiary/aromatic N) is 1. The maximum absolute atomic E-state index is 12.6. The number of amides is 4. The Morgan fingerprint density at radius 2 is 1.93 bits per heavy atom. The van der Waals surface area contributed by atoms with Crippen LogP contribution in [0.15, 0.2) is 18.2 Å². The van der Waals surface area contributed by atoms with Crippen LogP contribution in [-0.4, -0.2) is 60.8 Å². The number of carbonyl (C=O) groups excluding carboxylic acids is 3. The molecule has 1 saturated heterocycles. The van der Waals surface area contributed by atoms with Crippen molar-refractivity contribution in [3.05, 3.63) is 23.8 Å². The highest BCUT2D eigenvalue weighted by Crippen LogP contribution is 2.28. The number of hydrogen-bond donors (Lipinski definition) is 3. The Bertz CT molecular complexity index is 752. The van der Waals surface area contributed by atoms with Gasteiger partial charge >= 0.3 is 6.03 Å². The highest BCUT2D eigenvalue weighted by molar-refractivity contribution is 6.04. The molecule has 3 N–H and O–H groups in total. The molecular weight excluding hydrogens is 378 g/mol. The van der Waals surface area contributed by atoms with Gasteiger partial charge in [-0.05, 0) is 30.0 Å². The standard InChI is InChI=1S/C20H29N3O6/c1-12(2)15(11-24)21-18(25)8-6-14-19(26)23(20(27)22-14)10-13-5-7-16(28-3)17(9-13)29-4/h5,7,9,12,14-15,24H,6,8,10-11H2,1-4H3,(H,21,25)(H,22,27)/t14-,15+/m0/s1. The van der Waals surface area contributed by atoms with Gasteiger partial charge in [-0.25, -0.2) is 4.79 Å². The molecule has 4 amide bonds. The third kappa shape index (κ3) is 5.60. The van der Waals surface area contributed by atoms with E-state index >= 15 is 0 Å². The molecule has 1 aliphatic rings. The molecule has 0 unspecified atom stereocenters. The first kappa shape index (κ1) is 22.5. The fourth-order valence-electron chi connectivity index (χ4n) is 3.06. The van der Waals surface area contributed by atoms with E-state index in [1.165, 1.54) is 14.2 Å². The van der Waals surface area contributed by atoms with E-state index < -0.39 is 12.1 Å². The van der Waals surface area contributed by atoms with Crippen LogP contribution in [0, 0.1) is 5.92 Å². The lowest BCUT2D eigenvalue weighted by Crippen LogP contribution is -2.42. The Kier molecular flexibility index (Phi) is 7.83. The van der Waals surface area contributed by atoms with Gasteiger partial charge in [-0.2, -0.15) is 0 Å². The third-order valence-electron chi connectivity index (χ3n) is 4.90. The van der Waals surface area contributed by atoms with E-state index in [9.17, 15) is 19.5 Å². The maximum atomic E-state index is 12.6. The minimum absolute atomic E-state index is 0.0735. The number of imide groups is 1. The van der Waals surface area contributed by atoms with Crippen LogP contribution >= 0.6 is 0 Å². The molecule has 160 valence electrons. The Balaban J connectivity index is 1.95. The predicted molar refractivity (Wildman–Crippen MR) is 106 cm³/mol.